The summed E-state index contributed by atoms with van der Waals surface area (Å²) in [5.74, 6) is 0.991. The molecule has 1 saturated carbocycles. The molecule has 0 bridgehead atoms. The molecular weight excluding hydrogens is 280 g/mol. The summed E-state index contributed by atoms with van der Waals surface area (Å²) < 4.78 is 5.87. The molecule has 0 amide bonds. The highest BCUT2D eigenvalue weighted by Gasteiger charge is 2.39. The van der Waals surface area contributed by atoms with Gasteiger partial charge >= 0.3 is 0 Å². The van der Waals surface area contributed by atoms with Crippen LogP contribution in [0.5, 0.6) is 0 Å². The molecule has 1 aromatic heterocycles. The van der Waals surface area contributed by atoms with E-state index in [0.29, 0.717) is 11.2 Å². The summed E-state index contributed by atoms with van der Waals surface area (Å²) in [6.07, 6.45) is 4.69. The number of benzene rings is 1. The lowest BCUT2D eigenvalue weighted by Gasteiger charge is -2.29. The van der Waals surface area contributed by atoms with Crippen LogP contribution < -0.4 is 0 Å². The molecule has 0 atom stereocenters. The van der Waals surface area contributed by atoms with Crippen molar-refractivity contribution in [2.45, 2.75) is 37.7 Å². The fourth-order valence-electron chi connectivity index (χ4n) is 3.37. The molecule has 2 aromatic rings. The van der Waals surface area contributed by atoms with Gasteiger partial charge in [0, 0.05) is 12.8 Å². The Labute approximate surface area is 130 Å². The zero-order chi connectivity index (χ0) is 14.7. The van der Waals surface area contributed by atoms with Crippen molar-refractivity contribution >= 4 is 12.2 Å². The largest absolute Gasteiger partial charge is 0.378 e. The molecule has 3 nitrogen and oxygen atoms in total. The summed E-state index contributed by atoms with van der Waals surface area (Å²) >= 11 is 5.35. The number of ether oxygens (including phenoxy) is 1. The number of aromatic amines is 1. The van der Waals surface area contributed by atoms with Crippen molar-refractivity contribution in [2.24, 2.45) is 0 Å². The maximum atomic E-state index is 5.35. The van der Waals surface area contributed by atoms with Crippen LogP contribution in [0.1, 0.15) is 42.8 Å². The second-order valence-electron chi connectivity index (χ2n) is 5.68. The molecule has 0 saturated heterocycles. The standard InChI is InChI=1S/C17H20N2OS/c1-20-12-14-11-15(21)19-16(18-14)17(9-5-6-10-17)13-7-3-2-4-8-13/h2-4,7-8,11H,5-6,9-10,12H2,1H3,(H,18,19,21). The first-order valence-corrected chi connectivity index (χ1v) is 7.81. The van der Waals surface area contributed by atoms with Gasteiger partial charge in [-0.15, -0.1) is 0 Å². The number of methoxy groups -OCH3 is 1. The molecule has 1 heterocycles. The number of nitrogens with zero attached hydrogens (tertiary/aromatic N) is 1. The molecule has 1 aliphatic rings. The second kappa shape index (κ2) is 6.08. The number of hydrogen-bond acceptors (Lipinski definition) is 3. The fraction of sp³-hybridized carbons (Fsp3) is 0.412. The van der Waals surface area contributed by atoms with Crippen molar-refractivity contribution < 1.29 is 4.74 Å². The Hall–Kier alpha value is -1.52. The minimum Gasteiger partial charge on any atom is -0.378 e. The predicted octanol–water partition coefficient (Wildman–Crippen LogP) is 4.15. The smallest absolute Gasteiger partial charge is 0.130 e. The number of aromatic nitrogens is 2. The molecule has 110 valence electrons. The Morgan fingerprint density at radius 1 is 1.24 bits per heavy atom. The molecular formula is C17H20N2OS. The average Bonchev–Trinajstić information content (AvgIpc) is 2.99. The van der Waals surface area contributed by atoms with E-state index >= 15 is 0 Å². The van der Waals surface area contributed by atoms with E-state index in [1.807, 2.05) is 6.07 Å². The number of nitrogens with one attached hydrogen (secondary N) is 1. The van der Waals surface area contributed by atoms with Crippen LogP contribution >= 0.6 is 12.2 Å². The highest BCUT2D eigenvalue weighted by Crippen LogP contribution is 2.44. The second-order valence-corrected chi connectivity index (χ2v) is 6.10. The van der Waals surface area contributed by atoms with Crippen molar-refractivity contribution in [1.82, 2.24) is 9.97 Å². The van der Waals surface area contributed by atoms with Gasteiger partial charge in [-0.25, -0.2) is 4.98 Å². The molecule has 0 aliphatic heterocycles. The van der Waals surface area contributed by atoms with Crippen LogP contribution in [0.25, 0.3) is 0 Å². The highest BCUT2D eigenvalue weighted by atomic mass is 32.1. The van der Waals surface area contributed by atoms with Crippen LogP contribution in [-0.2, 0) is 16.8 Å². The van der Waals surface area contributed by atoms with Crippen LogP contribution in [0.3, 0.4) is 0 Å². The molecule has 0 spiro atoms. The molecule has 1 aliphatic carbocycles. The topological polar surface area (TPSA) is 37.9 Å². The van der Waals surface area contributed by atoms with E-state index in [4.69, 9.17) is 17.0 Å². The van der Waals surface area contributed by atoms with Crippen molar-refractivity contribution in [3.63, 3.8) is 0 Å². The van der Waals surface area contributed by atoms with Gasteiger partial charge in [0.1, 0.15) is 10.5 Å². The van der Waals surface area contributed by atoms with E-state index in [2.05, 4.69) is 40.3 Å². The summed E-state index contributed by atoms with van der Waals surface area (Å²) in [7, 11) is 1.69. The SMILES string of the molecule is COCc1cc(=S)nc(C2(c3ccccc3)CCCC2)[nH]1. The van der Waals surface area contributed by atoms with Gasteiger partial charge in [-0.05, 0) is 24.5 Å². The van der Waals surface area contributed by atoms with Gasteiger partial charge in [-0.2, -0.15) is 0 Å². The van der Waals surface area contributed by atoms with E-state index in [1.165, 1.54) is 18.4 Å². The van der Waals surface area contributed by atoms with Gasteiger partial charge in [0.2, 0.25) is 0 Å². The highest BCUT2D eigenvalue weighted by molar-refractivity contribution is 7.71. The summed E-state index contributed by atoms with van der Waals surface area (Å²) in [6, 6.07) is 12.5. The summed E-state index contributed by atoms with van der Waals surface area (Å²) in [5.41, 5.74) is 2.29. The third-order valence-corrected chi connectivity index (χ3v) is 4.54. The maximum Gasteiger partial charge on any atom is 0.130 e. The number of rotatable bonds is 4. The van der Waals surface area contributed by atoms with Crippen LogP contribution in [-0.4, -0.2) is 17.1 Å². The minimum atomic E-state index is -0.0292. The number of hydrogen-bond donors (Lipinski definition) is 1. The molecule has 3 rings (SSSR count). The van der Waals surface area contributed by atoms with Crippen molar-refractivity contribution in [2.75, 3.05) is 7.11 Å². The molecule has 1 N–H and O–H groups in total. The van der Waals surface area contributed by atoms with Crippen LogP contribution in [0, 0.1) is 4.64 Å². The summed E-state index contributed by atoms with van der Waals surface area (Å²) in [4.78, 5) is 8.12. The number of H-pyrrole nitrogens is 1. The molecule has 1 aromatic carbocycles. The lowest BCUT2D eigenvalue weighted by atomic mass is 9.78. The lowest BCUT2D eigenvalue weighted by molar-refractivity contribution is 0.180. The third-order valence-electron chi connectivity index (χ3n) is 4.34. The quantitative estimate of drug-likeness (QED) is 0.862. The zero-order valence-corrected chi connectivity index (χ0v) is 13.1. The van der Waals surface area contributed by atoms with Crippen LogP contribution in [0.15, 0.2) is 36.4 Å². The third kappa shape index (κ3) is 2.78. The first-order chi connectivity index (χ1) is 10.2. The molecule has 0 unspecified atom stereocenters. The summed E-state index contributed by atoms with van der Waals surface area (Å²) in [5, 5.41) is 0. The first kappa shape index (κ1) is 14.4. The molecule has 4 heteroatoms. The zero-order valence-electron chi connectivity index (χ0n) is 12.3. The lowest BCUT2D eigenvalue weighted by Crippen LogP contribution is -2.27. The minimum absolute atomic E-state index is 0.0292. The average molecular weight is 300 g/mol. The van der Waals surface area contributed by atoms with Crippen molar-refractivity contribution in [3.05, 3.63) is 58.1 Å². The van der Waals surface area contributed by atoms with Gasteiger partial charge in [-0.3, -0.25) is 0 Å². The maximum absolute atomic E-state index is 5.35. The van der Waals surface area contributed by atoms with Crippen molar-refractivity contribution in [3.8, 4) is 0 Å². The Morgan fingerprint density at radius 2 is 1.95 bits per heavy atom. The van der Waals surface area contributed by atoms with Crippen LogP contribution in [0.4, 0.5) is 0 Å². The van der Waals surface area contributed by atoms with Crippen LogP contribution in [0.2, 0.25) is 0 Å². The Morgan fingerprint density at radius 3 is 2.62 bits per heavy atom. The van der Waals surface area contributed by atoms with Crippen molar-refractivity contribution in [1.29, 1.82) is 0 Å². The van der Waals surface area contributed by atoms with Gasteiger partial charge in [-0.1, -0.05) is 55.4 Å². The Kier molecular flexibility index (Phi) is 4.17. The Bertz CT molecular complexity index is 660. The molecule has 1 fully saturated rings. The first-order valence-electron chi connectivity index (χ1n) is 7.40. The van der Waals surface area contributed by atoms with Gasteiger partial charge in [0.15, 0.2) is 0 Å². The van der Waals surface area contributed by atoms with E-state index in [9.17, 15) is 0 Å². The van der Waals surface area contributed by atoms with E-state index in [-0.39, 0.29) is 5.41 Å². The van der Waals surface area contributed by atoms with Gasteiger partial charge < -0.3 is 9.72 Å². The van der Waals surface area contributed by atoms with E-state index in [0.717, 1.165) is 24.4 Å². The predicted molar refractivity (Wildman–Crippen MR) is 85.8 cm³/mol. The molecule has 21 heavy (non-hydrogen) atoms. The molecule has 0 radical (unpaired) electrons. The fourth-order valence-corrected chi connectivity index (χ4v) is 3.60. The monoisotopic (exact) mass is 300 g/mol. The van der Waals surface area contributed by atoms with E-state index < -0.39 is 0 Å². The van der Waals surface area contributed by atoms with Gasteiger partial charge in [0.25, 0.3) is 0 Å². The summed E-state index contributed by atoms with van der Waals surface area (Å²) in [6.45, 7) is 0.532. The normalized spacial score (nSPS) is 17.0. The van der Waals surface area contributed by atoms with Gasteiger partial charge in [0.05, 0.1) is 12.0 Å². The van der Waals surface area contributed by atoms with E-state index in [1.54, 1.807) is 7.11 Å². The Balaban J connectivity index is 2.12.